The zero-order valence-electron chi connectivity index (χ0n) is 31.2. The first-order valence-corrected chi connectivity index (χ1v) is 19.0. The van der Waals surface area contributed by atoms with Crippen molar-refractivity contribution in [2.45, 2.75) is 70.6 Å². The number of H-pyrrole nitrogens is 1. The summed E-state index contributed by atoms with van der Waals surface area (Å²) in [5.74, 6) is 0.878. The molecule has 288 valence electrons. The van der Waals surface area contributed by atoms with Crippen molar-refractivity contribution in [1.82, 2.24) is 30.0 Å². The van der Waals surface area contributed by atoms with Gasteiger partial charge < -0.3 is 28.9 Å². The van der Waals surface area contributed by atoms with Crippen LogP contribution in [0.15, 0.2) is 36.5 Å². The van der Waals surface area contributed by atoms with Crippen LogP contribution in [0, 0.1) is 12.3 Å². The van der Waals surface area contributed by atoms with E-state index in [4.69, 9.17) is 24.2 Å². The van der Waals surface area contributed by atoms with Gasteiger partial charge in [0, 0.05) is 80.2 Å². The Kier molecular flexibility index (Phi) is 9.70. The summed E-state index contributed by atoms with van der Waals surface area (Å²) in [6.07, 6.45) is 2.05. The van der Waals surface area contributed by atoms with Crippen molar-refractivity contribution in [3.05, 3.63) is 47.7 Å². The van der Waals surface area contributed by atoms with Gasteiger partial charge in [-0.15, -0.1) is 0 Å². The minimum Gasteiger partial charge on any atom is -0.481 e. The SMILES string of the molecule is C=C(C)C(=O)N1CC2(CCN(c3nc(OC4CCN(CCOC)CC4)nc4c(OCC(F)(F)F)c(-c5c(C)ccc6[nH]ncc56)c(C5CC5)cc34)CC2)C1. The Labute approximate surface area is 312 Å². The van der Waals surface area contributed by atoms with Gasteiger partial charge in [0.25, 0.3) is 0 Å². The summed E-state index contributed by atoms with van der Waals surface area (Å²) in [6.45, 7) is 11.9. The predicted molar refractivity (Wildman–Crippen MR) is 200 cm³/mol. The van der Waals surface area contributed by atoms with Gasteiger partial charge in [-0.2, -0.15) is 28.2 Å². The first-order valence-electron chi connectivity index (χ1n) is 19.0. The highest BCUT2D eigenvalue weighted by Gasteiger charge is 2.47. The number of alkyl halides is 3. The number of amides is 1. The summed E-state index contributed by atoms with van der Waals surface area (Å²) >= 11 is 0. The standard InChI is InChI=1S/C40H48F3N7O4/c1-24(2)37(51)50-21-39(22-50)11-15-49(16-12-39)36-29-19-28(26-6-7-26)33(32-25(3)5-8-31-30(32)20-44-47-31)35(53-23-40(41,42)43)34(29)45-38(46-36)54-27-9-13-48(14-10-27)17-18-52-4/h5,8,19-20,26-27H,1,6-7,9-18,21-23H2,2-4H3,(H,44,47). The number of aromatic amines is 1. The third kappa shape index (κ3) is 7.22. The van der Waals surface area contributed by atoms with E-state index in [1.807, 2.05) is 24.0 Å². The number of hydrogen-bond acceptors (Lipinski definition) is 9. The Morgan fingerprint density at radius 1 is 1.04 bits per heavy atom. The molecular weight excluding hydrogens is 699 g/mol. The average molecular weight is 748 g/mol. The fraction of sp³-hybridized carbons (Fsp3) is 0.550. The van der Waals surface area contributed by atoms with E-state index in [1.165, 1.54) is 0 Å². The molecule has 0 bridgehead atoms. The van der Waals surface area contributed by atoms with E-state index >= 15 is 0 Å². The molecule has 4 aliphatic rings. The second-order valence-electron chi connectivity index (χ2n) is 15.7. The highest BCUT2D eigenvalue weighted by atomic mass is 19.4. The third-order valence-electron chi connectivity index (χ3n) is 11.7. The Balaban J connectivity index is 1.23. The second kappa shape index (κ2) is 14.3. The number of rotatable bonds is 11. The number of carbonyl (C=O) groups excluding carboxylic acids is 1. The number of carbonyl (C=O) groups is 1. The number of nitrogens with zero attached hydrogens (tertiary/aromatic N) is 6. The van der Waals surface area contributed by atoms with Gasteiger partial charge in [0.05, 0.1) is 18.3 Å². The largest absolute Gasteiger partial charge is 0.481 e. The summed E-state index contributed by atoms with van der Waals surface area (Å²) < 4.78 is 60.0. The van der Waals surface area contributed by atoms with Crippen molar-refractivity contribution in [2.24, 2.45) is 5.41 Å². The molecule has 54 heavy (non-hydrogen) atoms. The minimum atomic E-state index is -4.58. The molecule has 1 aliphatic carbocycles. The average Bonchev–Trinajstić information content (AvgIpc) is 3.87. The number of anilines is 1. The highest BCUT2D eigenvalue weighted by molar-refractivity contribution is 6.06. The molecule has 5 heterocycles. The monoisotopic (exact) mass is 747 g/mol. The van der Waals surface area contributed by atoms with Gasteiger partial charge in [-0.05, 0) is 87.1 Å². The molecule has 1 N–H and O–H groups in total. The topological polar surface area (TPSA) is 109 Å². The zero-order valence-corrected chi connectivity index (χ0v) is 31.2. The summed E-state index contributed by atoms with van der Waals surface area (Å²) in [5, 5.41) is 8.77. The molecule has 2 aromatic carbocycles. The normalized spacial score (nSPS) is 19.4. The van der Waals surface area contributed by atoms with Gasteiger partial charge >= 0.3 is 12.2 Å². The lowest BCUT2D eigenvalue weighted by Gasteiger charge is -2.54. The summed E-state index contributed by atoms with van der Waals surface area (Å²) in [7, 11) is 1.70. The third-order valence-corrected chi connectivity index (χ3v) is 11.7. The first kappa shape index (κ1) is 36.5. The molecule has 2 aromatic heterocycles. The maximum Gasteiger partial charge on any atom is 0.422 e. The number of piperidine rings is 2. The smallest absolute Gasteiger partial charge is 0.422 e. The summed E-state index contributed by atoms with van der Waals surface area (Å²) in [4.78, 5) is 29.0. The molecule has 0 atom stereocenters. The van der Waals surface area contributed by atoms with Crippen LogP contribution < -0.4 is 14.4 Å². The molecule has 0 radical (unpaired) electrons. The Morgan fingerprint density at radius 3 is 2.44 bits per heavy atom. The number of benzene rings is 2. The van der Waals surface area contributed by atoms with Crippen LogP contribution in [0.4, 0.5) is 19.0 Å². The van der Waals surface area contributed by atoms with Crippen molar-refractivity contribution in [2.75, 3.05) is 71.0 Å². The van der Waals surface area contributed by atoms with E-state index in [-0.39, 0.29) is 35.1 Å². The lowest BCUT2D eigenvalue weighted by Crippen LogP contribution is -2.62. The van der Waals surface area contributed by atoms with Crippen LogP contribution in [0.3, 0.4) is 0 Å². The molecule has 4 fully saturated rings. The predicted octanol–water partition coefficient (Wildman–Crippen LogP) is 6.79. The summed E-state index contributed by atoms with van der Waals surface area (Å²) in [6, 6.07) is 6.12. The van der Waals surface area contributed by atoms with Crippen LogP contribution in [0.1, 0.15) is 62.5 Å². The van der Waals surface area contributed by atoms with Crippen LogP contribution in [0.2, 0.25) is 0 Å². The molecule has 3 aliphatic heterocycles. The second-order valence-corrected chi connectivity index (χ2v) is 15.7. The van der Waals surface area contributed by atoms with Crippen LogP contribution in [0.5, 0.6) is 11.8 Å². The van der Waals surface area contributed by atoms with Crippen molar-refractivity contribution in [1.29, 1.82) is 0 Å². The highest BCUT2D eigenvalue weighted by Crippen LogP contribution is 2.53. The minimum absolute atomic E-state index is 0.00712. The number of likely N-dealkylation sites (tertiary alicyclic amines) is 2. The van der Waals surface area contributed by atoms with E-state index in [9.17, 15) is 18.0 Å². The number of aryl methyl sites for hydroxylation is 1. The Morgan fingerprint density at radius 2 is 1.78 bits per heavy atom. The Hall–Kier alpha value is -4.43. The number of fused-ring (bicyclic) bond motifs is 2. The molecule has 14 heteroatoms. The van der Waals surface area contributed by atoms with Crippen LogP contribution in [-0.4, -0.2) is 114 Å². The summed E-state index contributed by atoms with van der Waals surface area (Å²) in [5.41, 5.74) is 4.88. The fourth-order valence-electron chi connectivity index (χ4n) is 8.55. The molecule has 11 nitrogen and oxygen atoms in total. The first-order chi connectivity index (χ1) is 25.9. The van der Waals surface area contributed by atoms with Crippen LogP contribution in [-0.2, 0) is 9.53 Å². The van der Waals surface area contributed by atoms with Gasteiger partial charge in [-0.3, -0.25) is 9.89 Å². The van der Waals surface area contributed by atoms with Crippen molar-refractivity contribution in [3.8, 4) is 22.9 Å². The molecular formula is C40H48F3N7O4. The van der Waals surface area contributed by atoms with Gasteiger partial charge in [0.1, 0.15) is 17.4 Å². The molecule has 1 spiro atoms. The number of ether oxygens (including phenoxy) is 3. The van der Waals surface area contributed by atoms with E-state index in [2.05, 4.69) is 32.6 Å². The molecule has 4 aromatic rings. The van der Waals surface area contributed by atoms with Gasteiger partial charge in [0.2, 0.25) is 5.91 Å². The Bertz CT molecular complexity index is 2060. The van der Waals surface area contributed by atoms with E-state index in [0.717, 1.165) is 85.8 Å². The lowest BCUT2D eigenvalue weighted by atomic mass is 9.71. The van der Waals surface area contributed by atoms with Gasteiger partial charge in [0.15, 0.2) is 12.4 Å². The number of methoxy groups -OCH3 is 1. The molecule has 1 saturated carbocycles. The molecule has 0 unspecified atom stereocenters. The number of halogens is 3. The van der Waals surface area contributed by atoms with Crippen LogP contribution in [0.25, 0.3) is 32.9 Å². The molecule has 8 rings (SSSR count). The molecule has 3 saturated heterocycles. The quantitative estimate of drug-likeness (QED) is 0.166. The van der Waals surface area contributed by atoms with E-state index in [0.29, 0.717) is 60.6 Å². The van der Waals surface area contributed by atoms with Crippen molar-refractivity contribution in [3.63, 3.8) is 0 Å². The van der Waals surface area contributed by atoms with Crippen molar-refractivity contribution < 1.29 is 32.2 Å². The van der Waals surface area contributed by atoms with Crippen LogP contribution >= 0.6 is 0 Å². The fourth-order valence-corrected chi connectivity index (χ4v) is 8.55. The number of aromatic nitrogens is 4. The lowest BCUT2D eigenvalue weighted by molar-refractivity contribution is -0.153. The molecule has 1 amide bonds. The van der Waals surface area contributed by atoms with Gasteiger partial charge in [-0.25, -0.2) is 0 Å². The maximum absolute atomic E-state index is 14.1. The zero-order chi connectivity index (χ0) is 37.8. The maximum atomic E-state index is 14.1. The van der Waals surface area contributed by atoms with E-state index in [1.54, 1.807) is 20.2 Å². The number of nitrogens with one attached hydrogen (secondary N) is 1. The van der Waals surface area contributed by atoms with Crippen molar-refractivity contribution >= 4 is 33.5 Å². The van der Waals surface area contributed by atoms with Gasteiger partial charge in [-0.1, -0.05) is 12.6 Å². The number of hydrogen-bond donors (Lipinski definition) is 1. The van der Waals surface area contributed by atoms with E-state index < -0.39 is 12.8 Å².